The van der Waals surface area contributed by atoms with Gasteiger partial charge in [0.05, 0.1) is 37.4 Å². The van der Waals surface area contributed by atoms with Gasteiger partial charge in [0.2, 0.25) is 0 Å². The van der Waals surface area contributed by atoms with Crippen LogP contribution in [0.1, 0.15) is 35.3 Å². The van der Waals surface area contributed by atoms with Crippen molar-refractivity contribution in [3.8, 4) is 5.75 Å². The van der Waals surface area contributed by atoms with Crippen LogP contribution >= 0.6 is 0 Å². The van der Waals surface area contributed by atoms with E-state index in [1.54, 1.807) is 12.4 Å². The van der Waals surface area contributed by atoms with Gasteiger partial charge in [0.1, 0.15) is 16.9 Å². The largest absolute Gasteiger partial charge is 0.487 e. The highest BCUT2D eigenvalue weighted by Crippen LogP contribution is 2.42. The average Bonchev–Trinajstić information content (AvgIpc) is 3.32. The number of fused-ring (bicyclic) bond motifs is 2. The number of nitrogens with zero attached hydrogens (tertiary/aromatic N) is 4. The molecule has 1 saturated heterocycles. The van der Waals surface area contributed by atoms with Crippen LogP contribution in [0.2, 0.25) is 0 Å². The first kappa shape index (κ1) is 19.8. The van der Waals surface area contributed by atoms with E-state index in [9.17, 15) is 9.90 Å². The van der Waals surface area contributed by atoms with Crippen LogP contribution in [0.25, 0.3) is 5.65 Å². The lowest BCUT2D eigenvalue weighted by Crippen LogP contribution is -2.36. The highest BCUT2D eigenvalue weighted by molar-refractivity contribution is 6.09. The minimum Gasteiger partial charge on any atom is -0.487 e. The molecular weight excluding hydrogens is 398 g/mol. The molecule has 162 valence electrons. The Kier molecular flexibility index (Phi) is 4.79. The molecule has 0 bridgehead atoms. The van der Waals surface area contributed by atoms with E-state index >= 15 is 0 Å². The van der Waals surface area contributed by atoms with Gasteiger partial charge in [0.15, 0.2) is 5.65 Å². The molecule has 2 aromatic heterocycles. The fourth-order valence-corrected chi connectivity index (χ4v) is 4.15. The standard InChI is InChI=1S/C22H25N5O4/c1-22(2)9-15-7-17(18(8-19(15)31-22)26-3-5-30-6-4-26)25-21(29)16-11-24-27-12-14(13-28)10-23-20(16)27/h7-8,10-12,28H,3-6,9,13H2,1-2H3,(H,25,29). The highest BCUT2D eigenvalue weighted by atomic mass is 16.5. The van der Waals surface area contributed by atoms with Gasteiger partial charge < -0.3 is 24.8 Å². The quantitative estimate of drug-likeness (QED) is 0.662. The number of carbonyl (C=O) groups excluding carboxylic acids is 1. The molecule has 3 aromatic rings. The van der Waals surface area contributed by atoms with Crippen molar-refractivity contribution in [2.75, 3.05) is 36.5 Å². The van der Waals surface area contributed by atoms with E-state index in [1.807, 2.05) is 12.1 Å². The van der Waals surface area contributed by atoms with Crippen molar-refractivity contribution in [1.82, 2.24) is 14.6 Å². The summed E-state index contributed by atoms with van der Waals surface area (Å²) in [5, 5.41) is 16.6. The number of amides is 1. The van der Waals surface area contributed by atoms with E-state index in [-0.39, 0.29) is 18.1 Å². The van der Waals surface area contributed by atoms with Gasteiger partial charge in [-0.15, -0.1) is 0 Å². The van der Waals surface area contributed by atoms with Crippen molar-refractivity contribution < 1.29 is 19.4 Å². The molecule has 0 aliphatic carbocycles. The van der Waals surface area contributed by atoms with Crippen LogP contribution < -0.4 is 15.0 Å². The molecular formula is C22H25N5O4. The third kappa shape index (κ3) is 3.70. The fraction of sp³-hybridized carbons (Fsp3) is 0.409. The molecule has 0 unspecified atom stereocenters. The average molecular weight is 423 g/mol. The molecule has 1 amide bonds. The van der Waals surface area contributed by atoms with Crippen LogP contribution in [0.3, 0.4) is 0 Å². The molecule has 5 rings (SSSR count). The summed E-state index contributed by atoms with van der Waals surface area (Å²) in [5.41, 5.74) is 3.88. The first-order valence-electron chi connectivity index (χ1n) is 10.4. The predicted molar refractivity (Wildman–Crippen MR) is 115 cm³/mol. The molecule has 0 saturated carbocycles. The summed E-state index contributed by atoms with van der Waals surface area (Å²) >= 11 is 0. The smallest absolute Gasteiger partial charge is 0.261 e. The number of carbonyl (C=O) groups is 1. The van der Waals surface area contributed by atoms with Crippen LogP contribution in [-0.4, -0.2) is 57.5 Å². The lowest BCUT2D eigenvalue weighted by molar-refractivity contribution is 0.102. The van der Waals surface area contributed by atoms with Gasteiger partial charge in [-0.05, 0) is 19.9 Å². The summed E-state index contributed by atoms with van der Waals surface area (Å²) in [6, 6.07) is 4.03. The van der Waals surface area contributed by atoms with Crippen molar-refractivity contribution in [3.63, 3.8) is 0 Å². The van der Waals surface area contributed by atoms with Crippen molar-refractivity contribution >= 4 is 22.9 Å². The van der Waals surface area contributed by atoms with Gasteiger partial charge in [-0.3, -0.25) is 4.79 Å². The summed E-state index contributed by atoms with van der Waals surface area (Å²) in [4.78, 5) is 19.7. The van der Waals surface area contributed by atoms with Gasteiger partial charge in [-0.25, -0.2) is 9.50 Å². The third-order valence-electron chi connectivity index (χ3n) is 5.62. The Hall–Kier alpha value is -3.17. The van der Waals surface area contributed by atoms with Crippen LogP contribution in [0.15, 0.2) is 30.7 Å². The minimum atomic E-state index is -0.285. The van der Waals surface area contributed by atoms with E-state index in [1.165, 1.54) is 10.7 Å². The summed E-state index contributed by atoms with van der Waals surface area (Å²) in [5.74, 6) is 0.575. The Bertz CT molecular complexity index is 1150. The van der Waals surface area contributed by atoms with Crippen LogP contribution in [0.4, 0.5) is 11.4 Å². The number of rotatable bonds is 4. The van der Waals surface area contributed by atoms with Crippen molar-refractivity contribution in [2.24, 2.45) is 0 Å². The maximum Gasteiger partial charge on any atom is 0.261 e. The van der Waals surface area contributed by atoms with E-state index in [0.717, 1.165) is 42.2 Å². The van der Waals surface area contributed by atoms with E-state index in [4.69, 9.17) is 9.47 Å². The molecule has 1 aromatic carbocycles. The van der Waals surface area contributed by atoms with Gasteiger partial charge in [-0.2, -0.15) is 5.10 Å². The molecule has 9 heteroatoms. The molecule has 9 nitrogen and oxygen atoms in total. The number of hydrogen-bond donors (Lipinski definition) is 2. The zero-order valence-corrected chi connectivity index (χ0v) is 17.6. The van der Waals surface area contributed by atoms with Gasteiger partial charge in [-0.1, -0.05) is 0 Å². The zero-order valence-electron chi connectivity index (χ0n) is 17.6. The van der Waals surface area contributed by atoms with Crippen LogP contribution in [0.5, 0.6) is 5.75 Å². The van der Waals surface area contributed by atoms with Crippen molar-refractivity contribution in [2.45, 2.75) is 32.5 Å². The molecule has 0 radical (unpaired) electrons. The predicted octanol–water partition coefficient (Wildman–Crippen LogP) is 2.02. The maximum absolute atomic E-state index is 13.2. The number of morpholine rings is 1. The van der Waals surface area contributed by atoms with Crippen LogP contribution in [-0.2, 0) is 17.8 Å². The number of nitrogens with one attached hydrogen (secondary N) is 1. The molecule has 2 aliphatic rings. The summed E-state index contributed by atoms with van der Waals surface area (Å²) in [7, 11) is 0. The lowest BCUT2D eigenvalue weighted by Gasteiger charge is -2.31. The number of aromatic nitrogens is 3. The van der Waals surface area contributed by atoms with Gasteiger partial charge in [0, 0.05) is 49.1 Å². The zero-order chi connectivity index (χ0) is 21.6. The van der Waals surface area contributed by atoms with E-state index < -0.39 is 0 Å². The Morgan fingerprint density at radius 3 is 2.84 bits per heavy atom. The molecule has 0 atom stereocenters. The third-order valence-corrected chi connectivity index (χ3v) is 5.62. The highest BCUT2D eigenvalue weighted by Gasteiger charge is 2.32. The summed E-state index contributed by atoms with van der Waals surface area (Å²) < 4.78 is 13.1. The molecule has 4 heterocycles. The topological polar surface area (TPSA) is 101 Å². The Morgan fingerprint density at radius 2 is 2.06 bits per heavy atom. The second-order valence-electron chi connectivity index (χ2n) is 8.52. The second-order valence-corrected chi connectivity index (χ2v) is 8.52. The van der Waals surface area contributed by atoms with E-state index in [2.05, 4.69) is 34.1 Å². The SMILES string of the molecule is CC1(C)Cc2cc(NC(=O)c3cnn4cc(CO)cnc34)c(N3CCOCC3)cc2O1. The summed E-state index contributed by atoms with van der Waals surface area (Å²) in [6.07, 6.45) is 5.47. The molecule has 2 N–H and O–H groups in total. The van der Waals surface area contributed by atoms with Crippen molar-refractivity contribution in [1.29, 1.82) is 0 Å². The number of benzene rings is 1. The first-order chi connectivity index (χ1) is 14.9. The number of anilines is 2. The first-order valence-corrected chi connectivity index (χ1v) is 10.4. The molecule has 1 fully saturated rings. The molecule has 31 heavy (non-hydrogen) atoms. The van der Waals surface area contributed by atoms with E-state index in [0.29, 0.717) is 30.0 Å². The van der Waals surface area contributed by atoms with Gasteiger partial charge >= 0.3 is 0 Å². The molecule has 0 spiro atoms. The lowest BCUT2D eigenvalue weighted by atomic mass is 10.0. The number of aliphatic hydroxyl groups excluding tert-OH is 1. The monoisotopic (exact) mass is 423 g/mol. The Labute approximate surface area is 179 Å². The number of hydrogen-bond acceptors (Lipinski definition) is 7. The Balaban J connectivity index is 1.50. The minimum absolute atomic E-state index is 0.138. The Morgan fingerprint density at radius 1 is 1.26 bits per heavy atom. The van der Waals surface area contributed by atoms with Gasteiger partial charge in [0.25, 0.3) is 5.91 Å². The maximum atomic E-state index is 13.2. The van der Waals surface area contributed by atoms with Crippen molar-refractivity contribution in [3.05, 3.63) is 47.4 Å². The van der Waals surface area contributed by atoms with Crippen LogP contribution in [0, 0.1) is 0 Å². The summed E-state index contributed by atoms with van der Waals surface area (Å²) in [6.45, 7) is 6.75. The normalized spacial score (nSPS) is 17.5. The second kappa shape index (κ2) is 7.51. The molecule has 2 aliphatic heterocycles. The number of ether oxygens (including phenoxy) is 2. The fourth-order valence-electron chi connectivity index (χ4n) is 4.15. The number of aliphatic hydroxyl groups is 1.